The standard InChI is InChI=1S/C15H13NO/c17-16-15(11-6-2-1-3-7-11)14-10-12-8-4-5-9-13(12)14/h1-9,14,17H,10H2/b16-15+/t14-/m1/s1. The average Bonchev–Trinajstić information content (AvgIpc) is 2.37. The molecule has 2 aromatic carbocycles. The van der Waals surface area contributed by atoms with Gasteiger partial charge in [-0.1, -0.05) is 59.8 Å². The number of nitrogens with zero attached hydrogens (tertiary/aromatic N) is 1. The summed E-state index contributed by atoms with van der Waals surface area (Å²) in [6.45, 7) is 0. The van der Waals surface area contributed by atoms with Crippen LogP contribution in [0.4, 0.5) is 0 Å². The van der Waals surface area contributed by atoms with Crippen molar-refractivity contribution in [2.75, 3.05) is 0 Å². The maximum Gasteiger partial charge on any atom is 0.0945 e. The molecular weight excluding hydrogens is 210 g/mol. The molecule has 0 bridgehead atoms. The monoisotopic (exact) mass is 223 g/mol. The van der Waals surface area contributed by atoms with E-state index in [1.165, 1.54) is 11.1 Å². The van der Waals surface area contributed by atoms with Crippen molar-refractivity contribution in [1.29, 1.82) is 0 Å². The van der Waals surface area contributed by atoms with Crippen molar-refractivity contribution in [2.45, 2.75) is 12.3 Å². The van der Waals surface area contributed by atoms with Gasteiger partial charge in [-0.05, 0) is 23.1 Å². The quantitative estimate of drug-likeness (QED) is 0.473. The van der Waals surface area contributed by atoms with Gasteiger partial charge in [-0.25, -0.2) is 0 Å². The molecule has 0 aliphatic heterocycles. The average molecular weight is 223 g/mol. The van der Waals surface area contributed by atoms with Gasteiger partial charge in [0.15, 0.2) is 0 Å². The van der Waals surface area contributed by atoms with Gasteiger partial charge in [0.25, 0.3) is 0 Å². The summed E-state index contributed by atoms with van der Waals surface area (Å²) >= 11 is 0. The van der Waals surface area contributed by atoms with Gasteiger partial charge in [0.2, 0.25) is 0 Å². The Labute approximate surface area is 100 Å². The Morgan fingerprint density at radius 1 is 1.00 bits per heavy atom. The highest BCUT2D eigenvalue weighted by atomic mass is 16.4. The molecule has 0 radical (unpaired) electrons. The number of hydrogen-bond acceptors (Lipinski definition) is 2. The minimum atomic E-state index is 0.235. The van der Waals surface area contributed by atoms with Crippen LogP contribution in [0.5, 0.6) is 0 Å². The van der Waals surface area contributed by atoms with Crippen LogP contribution in [0.1, 0.15) is 22.6 Å². The van der Waals surface area contributed by atoms with E-state index in [1.807, 2.05) is 42.5 Å². The lowest BCUT2D eigenvalue weighted by molar-refractivity contribution is 0.316. The molecule has 0 saturated carbocycles. The fourth-order valence-electron chi connectivity index (χ4n) is 2.44. The van der Waals surface area contributed by atoms with Crippen LogP contribution in [0.2, 0.25) is 0 Å². The maximum atomic E-state index is 9.23. The number of hydrogen-bond donors (Lipinski definition) is 1. The first-order valence-corrected chi connectivity index (χ1v) is 5.75. The molecular formula is C15H13NO. The fraction of sp³-hybridized carbons (Fsp3) is 0.133. The second-order valence-corrected chi connectivity index (χ2v) is 4.31. The number of oxime groups is 1. The molecule has 0 saturated heterocycles. The lowest BCUT2D eigenvalue weighted by atomic mass is 9.73. The Morgan fingerprint density at radius 2 is 1.71 bits per heavy atom. The summed E-state index contributed by atoms with van der Waals surface area (Å²) in [7, 11) is 0. The van der Waals surface area contributed by atoms with Crippen molar-refractivity contribution in [1.82, 2.24) is 0 Å². The highest BCUT2D eigenvalue weighted by Gasteiger charge is 2.30. The molecule has 1 aliphatic carbocycles. The van der Waals surface area contributed by atoms with Gasteiger partial charge in [0.1, 0.15) is 0 Å². The molecule has 1 N–H and O–H groups in total. The zero-order valence-electron chi connectivity index (χ0n) is 9.38. The Kier molecular flexibility index (Phi) is 2.41. The molecule has 17 heavy (non-hydrogen) atoms. The van der Waals surface area contributed by atoms with Crippen LogP contribution in [-0.4, -0.2) is 10.9 Å². The van der Waals surface area contributed by atoms with Crippen molar-refractivity contribution in [3.8, 4) is 0 Å². The Balaban J connectivity index is 1.96. The van der Waals surface area contributed by atoms with Crippen LogP contribution in [-0.2, 0) is 6.42 Å². The summed E-state index contributed by atoms with van der Waals surface area (Å²) in [4.78, 5) is 0. The molecule has 0 unspecified atom stereocenters. The van der Waals surface area contributed by atoms with Crippen LogP contribution in [0.25, 0.3) is 0 Å². The molecule has 2 nitrogen and oxygen atoms in total. The lowest BCUT2D eigenvalue weighted by Gasteiger charge is -2.30. The van der Waals surface area contributed by atoms with Gasteiger partial charge >= 0.3 is 0 Å². The van der Waals surface area contributed by atoms with Gasteiger partial charge in [-0.15, -0.1) is 0 Å². The fourth-order valence-corrected chi connectivity index (χ4v) is 2.44. The molecule has 0 fully saturated rings. The van der Waals surface area contributed by atoms with E-state index in [0.717, 1.165) is 17.7 Å². The first kappa shape index (κ1) is 10.1. The number of rotatable bonds is 2. The normalized spacial score (nSPS) is 18.4. The van der Waals surface area contributed by atoms with E-state index in [2.05, 4.69) is 17.3 Å². The van der Waals surface area contributed by atoms with Crippen LogP contribution < -0.4 is 0 Å². The topological polar surface area (TPSA) is 32.6 Å². The highest BCUT2D eigenvalue weighted by molar-refractivity contribution is 6.06. The number of benzene rings is 2. The third kappa shape index (κ3) is 1.62. The van der Waals surface area contributed by atoms with E-state index in [0.29, 0.717) is 0 Å². The molecule has 3 rings (SSSR count). The van der Waals surface area contributed by atoms with Gasteiger partial charge < -0.3 is 5.21 Å². The summed E-state index contributed by atoms with van der Waals surface area (Å²) in [5.41, 5.74) is 4.40. The van der Waals surface area contributed by atoms with Crippen molar-refractivity contribution in [2.24, 2.45) is 5.16 Å². The molecule has 1 atom stereocenters. The maximum absolute atomic E-state index is 9.23. The molecule has 1 aliphatic rings. The van der Waals surface area contributed by atoms with E-state index < -0.39 is 0 Å². The van der Waals surface area contributed by atoms with Crippen LogP contribution in [0.15, 0.2) is 59.8 Å². The number of fused-ring (bicyclic) bond motifs is 1. The summed E-state index contributed by atoms with van der Waals surface area (Å²) in [5, 5.41) is 12.7. The minimum Gasteiger partial charge on any atom is -0.411 e. The summed E-state index contributed by atoms with van der Waals surface area (Å²) < 4.78 is 0. The summed E-state index contributed by atoms with van der Waals surface area (Å²) in [6, 6.07) is 18.2. The van der Waals surface area contributed by atoms with Crippen molar-refractivity contribution in [3.63, 3.8) is 0 Å². The largest absolute Gasteiger partial charge is 0.411 e. The molecule has 84 valence electrons. The van der Waals surface area contributed by atoms with Gasteiger partial charge in [-0.2, -0.15) is 0 Å². The smallest absolute Gasteiger partial charge is 0.0945 e. The predicted molar refractivity (Wildman–Crippen MR) is 67.7 cm³/mol. The van der Waals surface area contributed by atoms with Crippen molar-refractivity contribution in [3.05, 3.63) is 71.3 Å². The zero-order chi connectivity index (χ0) is 11.7. The summed E-state index contributed by atoms with van der Waals surface area (Å²) in [6.07, 6.45) is 0.963. The predicted octanol–water partition coefficient (Wildman–Crippen LogP) is 3.20. The van der Waals surface area contributed by atoms with E-state index in [-0.39, 0.29) is 5.92 Å². The SMILES string of the molecule is O/N=C(\c1ccccc1)[C@@H]1Cc2ccccc21. The van der Waals surface area contributed by atoms with E-state index in [4.69, 9.17) is 0 Å². The molecule has 2 aromatic rings. The Hall–Kier alpha value is -2.09. The molecule has 0 heterocycles. The van der Waals surface area contributed by atoms with Gasteiger partial charge in [-0.3, -0.25) is 0 Å². The van der Waals surface area contributed by atoms with Gasteiger partial charge in [0.05, 0.1) is 5.71 Å². The highest BCUT2D eigenvalue weighted by Crippen LogP contribution is 2.37. The minimum absolute atomic E-state index is 0.235. The molecule has 0 aromatic heterocycles. The second-order valence-electron chi connectivity index (χ2n) is 4.31. The van der Waals surface area contributed by atoms with Crippen LogP contribution in [0, 0.1) is 0 Å². The van der Waals surface area contributed by atoms with E-state index in [9.17, 15) is 5.21 Å². The zero-order valence-corrected chi connectivity index (χ0v) is 9.38. The Morgan fingerprint density at radius 3 is 2.41 bits per heavy atom. The molecule has 0 amide bonds. The van der Waals surface area contributed by atoms with E-state index >= 15 is 0 Å². The van der Waals surface area contributed by atoms with Crippen LogP contribution in [0.3, 0.4) is 0 Å². The van der Waals surface area contributed by atoms with Crippen molar-refractivity contribution >= 4 is 5.71 Å². The third-order valence-corrected chi connectivity index (χ3v) is 3.36. The van der Waals surface area contributed by atoms with Crippen molar-refractivity contribution < 1.29 is 5.21 Å². The molecule has 2 heteroatoms. The summed E-state index contributed by atoms with van der Waals surface area (Å²) in [5.74, 6) is 0.235. The molecule has 0 spiro atoms. The van der Waals surface area contributed by atoms with Crippen LogP contribution >= 0.6 is 0 Å². The first-order valence-electron chi connectivity index (χ1n) is 5.75. The third-order valence-electron chi connectivity index (χ3n) is 3.36. The lowest BCUT2D eigenvalue weighted by Crippen LogP contribution is -2.26. The second kappa shape index (κ2) is 4.06. The first-order chi connectivity index (χ1) is 8.40. The van der Waals surface area contributed by atoms with Gasteiger partial charge in [0, 0.05) is 5.92 Å². The van der Waals surface area contributed by atoms with E-state index in [1.54, 1.807) is 0 Å². The Bertz CT molecular complexity index is 560.